The quantitative estimate of drug-likeness (QED) is 0.794. The van der Waals surface area contributed by atoms with Gasteiger partial charge in [0.1, 0.15) is 0 Å². The number of carbonyl (C=O) groups is 1. The summed E-state index contributed by atoms with van der Waals surface area (Å²) < 4.78 is 32.2. The minimum atomic E-state index is -3.63. The molecule has 8 heteroatoms. The Bertz CT molecular complexity index is 892. The van der Waals surface area contributed by atoms with Gasteiger partial charge in [0.05, 0.1) is 11.0 Å². The highest BCUT2D eigenvalue weighted by Crippen LogP contribution is 2.20. The molecule has 1 amide bonds. The lowest BCUT2D eigenvalue weighted by atomic mass is 10.2. The van der Waals surface area contributed by atoms with Crippen LogP contribution in [-0.2, 0) is 14.8 Å². The van der Waals surface area contributed by atoms with Crippen molar-refractivity contribution in [1.29, 1.82) is 0 Å². The second-order valence-corrected chi connectivity index (χ2v) is 8.89. The average Bonchev–Trinajstić information content (AvgIpc) is 3.16. The lowest BCUT2D eigenvalue weighted by Crippen LogP contribution is -2.34. The number of carbonyl (C=O) groups excluding carboxylic acids is 1. The third-order valence-electron chi connectivity index (χ3n) is 4.41. The number of amides is 1. The molecule has 1 saturated heterocycles. The summed E-state index contributed by atoms with van der Waals surface area (Å²) in [5.41, 5.74) is 0.975. The van der Waals surface area contributed by atoms with Gasteiger partial charge in [0.15, 0.2) is 0 Å². The van der Waals surface area contributed by atoms with E-state index in [1.165, 1.54) is 35.6 Å². The van der Waals surface area contributed by atoms with Gasteiger partial charge in [-0.2, -0.15) is 4.31 Å². The third-order valence-corrected chi connectivity index (χ3v) is 6.50. The van der Waals surface area contributed by atoms with Gasteiger partial charge in [-0.15, -0.1) is 0 Å². The van der Waals surface area contributed by atoms with Crippen LogP contribution >= 0.6 is 11.6 Å². The first-order valence-corrected chi connectivity index (χ1v) is 10.4. The fourth-order valence-corrected chi connectivity index (χ4v) is 4.20. The Kier molecular flexibility index (Phi) is 6.16. The molecule has 0 spiro atoms. The van der Waals surface area contributed by atoms with Crippen LogP contribution < -0.4 is 5.32 Å². The van der Waals surface area contributed by atoms with Gasteiger partial charge in [-0.3, -0.25) is 4.79 Å². The van der Waals surface area contributed by atoms with Crippen LogP contribution in [-0.4, -0.2) is 44.9 Å². The minimum absolute atomic E-state index is 0.0609. The average molecular weight is 409 g/mol. The summed E-state index contributed by atoms with van der Waals surface area (Å²) in [7, 11) is -2.09. The molecule has 1 aliphatic heterocycles. The van der Waals surface area contributed by atoms with Crippen LogP contribution in [0.4, 0.5) is 5.69 Å². The van der Waals surface area contributed by atoms with Crippen molar-refractivity contribution in [2.45, 2.75) is 23.8 Å². The molecule has 0 aliphatic carbocycles. The number of ether oxygens (including phenoxy) is 1. The summed E-state index contributed by atoms with van der Waals surface area (Å²) >= 11 is 5.82. The molecule has 1 atom stereocenters. The van der Waals surface area contributed by atoms with E-state index in [1.54, 1.807) is 24.3 Å². The highest BCUT2D eigenvalue weighted by atomic mass is 35.5. The Labute approximate surface area is 164 Å². The molecule has 3 rings (SSSR count). The number of hydrogen-bond donors (Lipinski definition) is 1. The second-order valence-electron chi connectivity index (χ2n) is 6.41. The normalized spacial score (nSPS) is 17.2. The lowest BCUT2D eigenvalue weighted by Gasteiger charge is -2.20. The first-order valence-electron chi connectivity index (χ1n) is 8.61. The molecular formula is C19H21ClN2O4S. The zero-order chi connectivity index (χ0) is 19.4. The zero-order valence-corrected chi connectivity index (χ0v) is 16.5. The van der Waals surface area contributed by atoms with E-state index >= 15 is 0 Å². The van der Waals surface area contributed by atoms with Crippen molar-refractivity contribution < 1.29 is 17.9 Å². The zero-order valence-electron chi connectivity index (χ0n) is 14.9. The molecule has 1 aliphatic rings. The largest absolute Gasteiger partial charge is 0.377 e. The summed E-state index contributed by atoms with van der Waals surface area (Å²) in [6, 6.07) is 12.6. The number of rotatable bonds is 6. The standard InChI is InChI=1S/C19H21ClN2O4S/c1-22(13-17-3-2-12-26-17)27(24,25)18-10-4-14(5-11-18)19(23)21-16-8-6-15(20)7-9-16/h4-11,17H,2-3,12-13H2,1H3,(H,21,23). The Balaban J connectivity index is 1.68. The fourth-order valence-electron chi connectivity index (χ4n) is 2.87. The number of benzene rings is 2. The maximum Gasteiger partial charge on any atom is 0.255 e. The Hall–Kier alpha value is -1.93. The molecule has 1 fully saturated rings. The van der Waals surface area contributed by atoms with Crippen molar-refractivity contribution in [1.82, 2.24) is 4.31 Å². The molecule has 27 heavy (non-hydrogen) atoms. The summed E-state index contributed by atoms with van der Waals surface area (Å²) in [4.78, 5) is 12.4. The number of halogens is 1. The number of nitrogens with zero attached hydrogens (tertiary/aromatic N) is 1. The monoisotopic (exact) mass is 408 g/mol. The molecule has 2 aromatic rings. The van der Waals surface area contributed by atoms with Gasteiger partial charge in [-0.25, -0.2) is 8.42 Å². The van der Waals surface area contributed by atoms with Crippen molar-refractivity contribution in [3.05, 3.63) is 59.1 Å². The highest BCUT2D eigenvalue weighted by molar-refractivity contribution is 7.89. The van der Waals surface area contributed by atoms with E-state index < -0.39 is 10.0 Å². The smallest absolute Gasteiger partial charge is 0.255 e. The van der Waals surface area contributed by atoms with E-state index in [4.69, 9.17) is 16.3 Å². The number of anilines is 1. The molecule has 0 aromatic heterocycles. The molecule has 1 unspecified atom stereocenters. The lowest BCUT2D eigenvalue weighted by molar-refractivity contribution is 0.0979. The van der Waals surface area contributed by atoms with Crippen LogP contribution in [0.2, 0.25) is 5.02 Å². The Morgan fingerprint density at radius 3 is 2.44 bits per heavy atom. The van der Waals surface area contributed by atoms with Gasteiger partial charge in [-0.05, 0) is 61.4 Å². The van der Waals surface area contributed by atoms with Gasteiger partial charge < -0.3 is 10.1 Å². The van der Waals surface area contributed by atoms with E-state index in [0.717, 1.165) is 12.8 Å². The molecule has 0 saturated carbocycles. The van der Waals surface area contributed by atoms with Crippen molar-refractivity contribution in [2.24, 2.45) is 0 Å². The van der Waals surface area contributed by atoms with Crippen molar-refractivity contribution in [3.8, 4) is 0 Å². The molecule has 144 valence electrons. The van der Waals surface area contributed by atoms with Gasteiger partial charge in [-0.1, -0.05) is 11.6 Å². The van der Waals surface area contributed by atoms with E-state index in [2.05, 4.69) is 5.32 Å². The van der Waals surface area contributed by atoms with Crippen molar-refractivity contribution >= 4 is 33.2 Å². The molecule has 1 heterocycles. The van der Waals surface area contributed by atoms with Gasteiger partial charge in [0.25, 0.3) is 5.91 Å². The fraction of sp³-hybridized carbons (Fsp3) is 0.316. The number of likely N-dealkylation sites (N-methyl/N-ethyl adjacent to an activating group) is 1. The van der Waals surface area contributed by atoms with E-state index in [9.17, 15) is 13.2 Å². The number of hydrogen-bond acceptors (Lipinski definition) is 4. The second kappa shape index (κ2) is 8.39. The molecular weight excluding hydrogens is 388 g/mol. The molecule has 1 N–H and O–H groups in total. The van der Waals surface area contributed by atoms with Crippen LogP contribution in [0.3, 0.4) is 0 Å². The van der Waals surface area contributed by atoms with Crippen LogP contribution in [0, 0.1) is 0 Å². The first kappa shape index (κ1) is 19.8. The SMILES string of the molecule is CN(CC1CCCO1)S(=O)(=O)c1ccc(C(=O)Nc2ccc(Cl)cc2)cc1. The van der Waals surface area contributed by atoms with Gasteiger partial charge in [0.2, 0.25) is 10.0 Å². The highest BCUT2D eigenvalue weighted by Gasteiger charge is 2.26. The topological polar surface area (TPSA) is 75.7 Å². The number of nitrogens with one attached hydrogen (secondary N) is 1. The van der Waals surface area contributed by atoms with Crippen molar-refractivity contribution in [2.75, 3.05) is 25.5 Å². The minimum Gasteiger partial charge on any atom is -0.377 e. The first-order chi connectivity index (χ1) is 12.9. The summed E-state index contributed by atoms with van der Waals surface area (Å²) in [6.45, 7) is 0.997. The number of sulfonamides is 1. The summed E-state index contributed by atoms with van der Waals surface area (Å²) in [5.74, 6) is -0.325. The maximum absolute atomic E-state index is 12.7. The van der Waals surface area contributed by atoms with Crippen LogP contribution in [0.15, 0.2) is 53.4 Å². The van der Waals surface area contributed by atoms with E-state index in [1.807, 2.05) is 0 Å². The third kappa shape index (κ3) is 4.87. The predicted molar refractivity (Wildman–Crippen MR) is 105 cm³/mol. The predicted octanol–water partition coefficient (Wildman–Crippen LogP) is 3.39. The molecule has 0 radical (unpaired) electrons. The Morgan fingerprint density at radius 2 is 1.85 bits per heavy atom. The Morgan fingerprint density at radius 1 is 1.19 bits per heavy atom. The van der Waals surface area contributed by atoms with E-state index in [0.29, 0.717) is 29.4 Å². The molecule has 2 aromatic carbocycles. The summed E-state index contributed by atoms with van der Waals surface area (Å²) in [5, 5.41) is 3.32. The molecule has 6 nitrogen and oxygen atoms in total. The van der Waals surface area contributed by atoms with Crippen LogP contribution in [0.1, 0.15) is 23.2 Å². The maximum atomic E-state index is 12.7. The molecule has 0 bridgehead atoms. The van der Waals surface area contributed by atoms with Gasteiger partial charge in [0, 0.05) is 36.5 Å². The van der Waals surface area contributed by atoms with Crippen LogP contribution in [0.25, 0.3) is 0 Å². The van der Waals surface area contributed by atoms with Crippen LogP contribution in [0.5, 0.6) is 0 Å². The van der Waals surface area contributed by atoms with E-state index in [-0.39, 0.29) is 16.9 Å². The summed E-state index contributed by atoms with van der Waals surface area (Å²) in [6.07, 6.45) is 1.76. The van der Waals surface area contributed by atoms with Crippen molar-refractivity contribution in [3.63, 3.8) is 0 Å². The van der Waals surface area contributed by atoms with Gasteiger partial charge >= 0.3 is 0 Å².